The zero-order chi connectivity index (χ0) is 8.13. The monoisotopic (exact) mass is 166 g/mol. The van der Waals surface area contributed by atoms with Crippen LogP contribution >= 0.6 is 0 Å². The zero-order valence-electron chi connectivity index (χ0n) is 7.16. The van der Waals surface area contributed by atoms with E-state index in [2.05, 4.69) is 0 Å². The molecule has 2 aliphatic heterocycles. The second-order valence-corrected chi connectivity index (χ2v) is 4.56. The predicted octanol–water partition coefficient (Wildman–Crippen LogP) is 1.53. The Bertz CT molecular complexity index is 210. The van der Waals surface area contributed by atoms with E-state index in [9.17, 15) is 4.79 Å². The molecule has 0 aromatic heterocycles. The summed E-state index contributed by atoms with van der Waals surface area (Å²) in [6, 6.07) is 0. The van der Waals surface area contributed by atoms with Gasteiger partial charge in [0.2, 0.25) is 0 Å². The van der Waals surface area contributed by atoms with E-state index in [0.717, 1.165) is 25.2 Å². The number of rotatable bonds is 0. The molecular formula is C10H14O2. The number of hydrogen-bond donors (Lipinski definition) is 0. The summed E-state index contributed by atoms with van der Waals surface area (Å²) in [6.45, 7) is 0. The fourth-order valence-corrected chi connectivity index (χ4v) is 3.17. The molecule has 4 rings (SSSR count). The first-order chi connectivity index (χ1) is 5.81. The Balaban J connectivity index is 1.95. The highest BCUT2D eigenvalue weighted by atomic mass is 16.5. The van der Waals surface area contributed by atoms with E-state index < -0.39 is 0 Å². The summed E-state index contributed by atoms with van der Waals surface area (Å²) in [5.41, 5.74) is 0. The summed E-state index contributed by atoms with van der Waals surface area (Å²) in [7, 11) is 0. The van der Waals surface area contributed by atoms with Gasteiger partial charge in [0.05, 0.1) is 12.2 Å². The van der Waals surface area contributed by atoms with E-state index in [0.29, 0.717) is 24.2 Å². The van der Waals surface area contributed by atoms with Crippen molar-refractivity contribution in [2.75, 3.05) is 0 Å². The quantitative estimate of drug-likeness (QED) is 0.545. The van der Waals surface area contributed by atoms with Crippen molar-refractivity contribution < 1.29 is 9.53 Å². The molecule has 0 radical (unpaired) electrons. The molecule has 2 saturated carbocycles. The van der Waals surface area contributed by atoms with Gasteiger partial charge in [-0.1, -0.05) is 0 Å². The third-order valence-electron chi connectivity index (χ3n) is 3.63. The van der Waals surface area contributed by atoms with E-state index in [1.54, 1.807) is 0 Å². The van der Waals surface area contributed by atoms with Crippen molar-refractivity contribution in [2.45, 2.75) is 44.3 Å². The third-order valence-corrected chi connectivity index (χ3v) is 3.63. The molecule has 2 heteroatoms. The van der Waals surface area contributed by atoms with Crippen LogP contribution in [-0.2, 0) is 9.53 Å². The Morgan fingerprint density at radius 2 is 1.92 bits per heavy atom. The second-order valence-electron chi connectivity index (χ2n) is 4.56. The van der Waals surface area contributed by atoms with Gasteiger partial charge in [-0.05, 0) is 31.6 Å². The van der Waals surface area contributed by atoms with Gasteiger partial charge in [-0.3, -0.25) is 4.79 Å². The van der Waals surface area contributed by atoms with Crippen LogP contribution in [0.4, 0.5) is 0 Å². The molecule has 2 saturated heterocycles. The number of Topliss-reactive ketones (excluding diaryl/α,β-unsaturated/α-hetero) is 1. The average molecular weight is 166 g/mol. The lowest BCUT2D eigenvalue weighted by atomic mass is 9.77. The number of ether oxygens (including phenoxy) is 1. The zero-order valence-corrected chi connectivity index (χ0v) is 7.16. The Kier molecular flexibility index (Phi) is 1.37. The minimum absolute atomic E-state index is 0.286. The summed E-state index contributed by atoms with van der Waals surface area (Å²) in [6.07, 6.45) is 5.98. The van der Waals surface area contributed by atoms with Gasteiger partial charge in [0.1, 0.15) is 5.78 Å². The molecule has 2 aliphatic carbocycles. The average Bonchev–Trinajstić information content (AvgIpc) is 2.16. The fourth-order valence-electron chi connectivity index (χ4n) is 3.17. The predicted molar refractivity (Wildman–Crippen MR) is 43.7 cm³/mol. The van der Waals surface area contributed by atoms with Crippen LogP contribution in [0.1, 0.15) is 32.1 Å². The second kappa shape index (κ2) is 2.32. The summed E-state index contributed by atoms with van der Waals surface area (Å²) < 4.78 is 5.80. The highest BCUT2D eigenvalue weighted by Gasteiger charge is 2.43. The highest BCUT2D eigenvalue weighted by molar-refractivity contribution is 5.82. The van der Waals surface area contributed by atoms with E-state index in [-0.39, 0.29) is 6.10 Å². The van der Waals surface area contributed by atoms with Crippen LogP contribution in [0.5, 0.6) is 0 Å². The molecule has 4 aliphatic rings. The first-order valence-electron chi connectivity index (χ1n) is 4.99. The maximum Gasteiger partial charge on any atom is 0.138 e. The number of carbonyl (C=O) groups is 1. The van der Waals surface area contributed by atoms with Crippen molar-refractivity contribution in [1.29, 1.82) is 0 Å². The Hall–Kier alpha value is -0.370. The lowest BCUT2D eigenvalue weighted by molar-refractivity contribution is -0.123. The maximum absolute atomic E-state index is 11.6. The van der Waals surface area contributed by atoms with Crippen molar-refractivity contribution in [3.63, 3.8) is 0 Å². The minimum Gasteiger partial charge on any atom is -0.374 e. The molecule has 2 nitrogen and oxygen atoms in total. The molecule has 4 unspecified atom stereocenters. The van der Waals surface area contributed by atoms with E-state index >= 15 is 0 Å². The molecule has 66 valence electrons. The third kappa shape index (κ3) is 0.939. The molecule has 0 N–H and O–H groups in total. The highest BCUT2D eigenvalue weighted by Crippen LogP contribution is 2.43. The fraction of sp³-hybridized carbons (Fsp3) is 0.900. The molecule has 12 heavy (non-hydrogen) atoms. The van der Waals surface area contributed by atoms with Crippen LogP contribution in [-0.4, -0.2) is 18.0 Å². The Morgan fingerprint density at radius 3 is 2.75 bits per heavy atom. The van der Waals surface area contributed by atoms with Gasteiger partial charge in [0.15, 0.2) is 0 Å². The van der Waals surface area contributed by atoms with Crippen LogP contribution in [0.25, 0.3) is 0 Å². The van der Waals surface area contributed by atoms with Gasteiger partial charge in [-0.25, -0.2) is 0 Å². The van der Waals surface area contributed by atoms with Crippen molar-refractivity contribution in [1.82, 2.24) is 0 Å². The summed E-state index contributed by atoms with van der Waals surface area (Å²) in [5, 5.41) is 0. The molecule has 4 fully saturated rings. The molecule has 0 spiro atoms. The van der Waals surface area contributed by atoms with Crippen molar-refractivity contribution in [2.24, 2.45) is 11.8 Å². The van der Waals surface area contributed by atoms with Crippen LogP contribution in [0, 0.1) is 11.8 Å². The molecule has 4 bridgehead atoms. The van der Waals surface area contributed by atoms with Gasteiger partial charge in [-0.15, -0.1) is 0 Å². The molecule has 0 aromatic rings. The Labute approximate surface area is 72.3 Å². The van der Waals surface area contributed by atoms with Gasteiger partial charge in [-0.2, -0.15) is 0 Å². The van der Waals surface area contributed by atoms with Crippen LogP contribution in [0.2, 0.25) is 0 Å². The lowest BCUT2D eigenvalue weighted by Crippen LogP contribution is -2.35. The number of carbonyl (C=O) groups excluding carboxylic acids is 1. The van der Waals surface area contributed by atoms with E-state index in [1.165, 1.54) is 6.42 Å². The van der Waals surface area contributed by atoms with Gasteiger partial charge in [0, 0.05) is 12.3 Å². The number of ketones is 1. The first-order valence-corrected chi connectivity index (χ1v) is 4.99. The van der Waals surface area contributed by atoms with Crippen LogP contribution in [0.15, 0.2) is 0 Å². The minimum atomic E-state index is 0.286. The normalized spacial score (nSPS) is 51.2. The van der Waals surface area contributed by atoms with E-state index in [4.69, 9.17) is 4.74 Å². The lowest BCUT2D eigenvalue weighted by Gasteiger charge is -2.37. The van der Waals surface area contributed by atoms with Gasteiger partial charge >= 0.3 is 0 Å². The van der Waals surface area contributed by atoms with Crippen molar-refractivity contribution in [3.8, 4) is 0 Å². The molecule has 0 amide bonds. The Morgan fingerprint density at radius 1 is 1.08 bits per heavy atom. The van der Waals surface area contributed by atoms with Crippen LogP contribution < -0.4 is 0 Å². The van der Waals surface area contributed by atoms with Crippen LogP contribution in [0.3, 0.4) is 0 Å². The topological polar surface area (TPSA) is 26.3 Å². The number of fused-ring (bicyclic) bond motifs is 1. The molecular weight excluding hydrogens is 152 g/mol. The number of hydrogen-bond acceptors (Lipinski definition) is 2. The SMILES string of the molecule is O=C1CC2CC3CC(CC1C3)O2. The standard InChI is InChI=1S/C10H14O2/c11-10-5-9-3-6-1-7(10)4-8(2-6)12-9/h6-9H,1-5H2. The summed E-state index contributed by atoms with van der Waals surface area (Å²) in [4.78, 5) is 11.6. The maximum atomic E-state index is 11.6. The molecule has 2 heterocycles. The van der Waals surface area contributed by atoms with E-state index in [1.807, 2.05) is 0 Å². The summed E-state index contributed by atoms with van der Waals surface area (Å²) in [5.74, 6) is 1.64. The van der Waals surface area contributed by atoms with Gasteiger partial charge in [0.25, 0.3) is 0 Å². The summed E-state index contributed by atoms with van der Waals surface area (Å²) >= 11 is 0. The van der Waals surface area contributed by atoms with Crippen molar-refractivity contribution in [3.05, 3.63) is 0 Å². The largest absolute Gasteiger partial charge is 0.374 e. The molecule has 0 aromatic carbocycles. The molecule has 4 atom stereocenters. The van der Waals surface area contributed by atoms with Gasteiger partial charge < -0.3 is 4.74 Å². The smallest absolute Gasteiger partial charge is 0.138 e. The van der Waals surface area contributed by atoms with Crippen molar-refractivity contribution >= 4 is 5.78 Å². The first kappa shape index (κ1) is 7.07.